The Kier molecular flexibility index (Phi) is 5.64. The number of carbonyl (C=O) groups excluding carboxylic acids is 1. The fourth-order valence-corrected chi connectivity index (χ4v) is 3.65. The molecule has 0 bridgehead atoms. The molecule has 1 aromatic heterocycles. The van der Waals surface area contributed by atoms with Gasteiger partial charge in [0.1, 0.15) is 5.82 Å². The number of amides is 1. The Labute approximate surface area is 161 Å². The number of nitrogens with zero attached hydrogens (tertiary/aromatic N) is 3. The van der Waals surface area contributed by atoms with E-state index < -0.39 is 0 Å². The van der Waals surface area contributed by atoms with Crippen molar-refractivity contribution in [2.75, 3.05) is 11.1 Å². The number of halogens is 1. The summed E-state index contributed by atoms with van der Waals surface area (Å²) in [6.45, 7) is 5.83. The molecule has 0 spiro atoms. The van der Waals surface area contributed by atoms with Crippen LogP contribution in [0, 0.1) is 20.8 Å². The minimum absolute atomic E-state index is 0.0781. The second kappa shape index (κ2) is 7.93. The van der Waals surface area contributed by atoms with Gasteiger partial charge in [-0.25, -0.2) is 0 Å². The highest BCUT2D eigenvalue weighted by Gasteiger charge is 2.14. The van der Waals surface area contributed by atoms with Crippen molar-refractivity contribution < 1.29 is 4.79 Å². The summed E-state index contributed by atoms with van der Waals surface area (Å²) in [5, 5.41) is 12.6. The Morgan fingerprint density at radius 1 is 1.12 bits per heavy atom. The average molecular weight is 387 g/mol. The average Bonchev–Trinajstić information content (AvgIpc) is 2.97. The van der Waals surface area contributed by atoms with Gasteiger partial charge < -0.3 is 5.32 Å². The summed E-state index contributed by atoms with van der Waals surface area (Å²) < 4.78 is 1.89. The smallest absolute Gasteiger partial charge is 0.234 e. The number of rotatable bonds is 5. The van der Waals surface area contributed by atoms with Gasteiger partial charge in [0.15, 0.2) is 5.16 Å². The summed E-state index contributed by atoms with van der Waals surface area (Å²) in [6.07, 6.45) is 0. The number of carbonyl (C=O) groups is 1. The molecule has 1 N–H and O–H groups in total. The predicted molar refractivity (Wildman–Crippen MR) is 106 cm³/mol. The zero-order valence-electron chi connectivity index (χ0n) is 14.8. The van der Waals surface area contributed by atoms with Crippen LogP contribution in [0.1, 0.15) is 17.0 Å². The molecule has 0 saturated carbocycles. The molecule has 2 aromatic carbocycles. The normalized spacial score (nSPS) is 10.8. The molecule has 7 heteroatoms. The Balaban J connectivity index is 1.74. The van der Waals surface area contributed by atoms with Gasteiger partial charge in [0.25, 0.3) is 0 Å². The molecule has 0 unspecified atom stereocenters. The molecule has 26 heavy (non-hydrogen) atoms. The van der Waals surface area contributed by atoms with Crippen molar-refractivity contribution in [1.82, 2.24) is 14.8 Å². The van der Waals surface area contributed by atoms with E-state index in [1.54, 1.807) is 0 Å². The fraction of sp³-hybridized carbons (Fsp3) is 0.211. The largest absolute Gasteiger partial charge is 0.325 e. The van der Waals surface area contributed by atoms with Crippen molar-refractivity contribution >= 4 is 35.0 Å². The fourth-order valence-electron chi connectivity index (χ4n) is 2.67. The van der Waals surface area contributed by atoms with E-state index in [4.69, 9.17) is 11.6 Å². The van der Waals surface area contributed by atoms with Gasteiger partial charge in [-0.1, -0.05) is 47.6 Å². The first-order valence-corrected chi connectivity index (χ1v) is 9.49. The van der Waals surface area contributed by atoms with E-state index in [1.165, 1.54) is 11.8 Å². The van der Waals surface area contributed by atoms with Crippen molar-refractivity contribution in [3.8, 4) is 5.69 Å². The highest BCUT2D eigenvalue weighted by molar-refractivity contribution is 7.99. The van der Waals surface area contributed by atoms with Crippen molar-refractivity contribution in [1.29, 1.82) is 0 Å². The van der Waals surface area contributed by atoms with Crippen LogP contribution in [0.15, 0.2) is 47.6 Å². The van der Waals surface area contributed by atoms with Gasteiger partial charge in [-0.15, -0.1) is 10.2 Å². The molecular weight excluding hydrogens is 368 g/mol. The Morgan fingerprint density at radius 2 is 1.81 bits per heavy atom. The molecule has 0 saturated heterocycles. The third-order valence-electron chi connectivity index (χ3n) is 3.94. The topological polar surface area (TPSA) is 59.8 Å². The molecule has 134 valence electrons. The first-order chi connectivity index (χ1) is 12.5. The van der Waals surface area contributed by atoms with Crippen LogP contribution in [-0.2, 0) is 4.79 Å². The van der Waals surface area contributed by atoms with E-state index >= 15 is 0 Å². The van der Waals surface area contributed by atoms with Crippen molar-refractivity contribution in [3.05, 3.63) is 64.4 Å². The Bertz CT molecular complexity index is 934. The molecule has 0 aliphatic rings. The van der Waals surface area contributed by atoms with Gasteiger partial charge in [-0.3, -0.25) is 9.36 Å². The molecule has 1 amide bonds. The number of hydrogen-bond donors (Lipinski definition) is 1. The van der Waals surface area contributed by atoms with E-state index in [1.807, 2.05) is 67.8 Å². The van der Waals surface area contributed by atoms with E-state index in [-0.39, 0.29) is 11.7 Å². The lowest BCUT2D eigenvalue weighted by Crippen LogP contribution is -2.16. The summed E-state index contributed by atoms with van der Waals surface area (Å²) >= 11 is 7.43. The summed E-state index contributed by atoms with van der Waals surface area (Å²) in [5.41, 5.74) is 3.82. The standard InChI is InChI=1S/C19H19ClN4OS/c1-12-6-4-7-13(2)18(12)21-17(25)11-26-19-23-22-14(3)24(19)16-9-5-8-15(20)10-16/h4-10H,11H2,1-3H3,(H,21,25). The number of nitrogens with one attached hydrogen (secondary N) is 1. The first kappa shape index (κ1) is 18.5. The minimum Gasteiger partial charge on any atom is -0.325 e. The maximum absolute atomic E-state index is 12.4. The maximum Gasteiger partial charge on any atom is 0.234 e. The number of hydrogen-bond acceptors (Lipinski definition) is 4. The first-order valence-electron chi connectivity index (χ1n) is 8.12. The molecule has 3 aromatic rings. The summed E-state index contributed by atoms with van der Waals surface area (Å²) in [7, 11) is 0. The SMILES string of the molecule is Cc1cccc(C)c1NC(=O)CSc1nnc(C)n1-c1cccc(Cl)c1. The van der Waals surface area contributed by atoms with E-state index in [2.05, 4.69) is 15.5 Å². The lowest BCUT2D eigenvalue weighted by Gasteiger charge is -2.12. The molecule has 0 fully saturated rings. The van der Waals surface area contributed by atoms with Crippen LogP contribution < -0.4 is 5.32 Å². The predicted octanol–water partition coefficient (Wildman–Crippen LogP) is 4.58. The van der Waals surface area contributed by atoms with Crippen LogP contribution in [0.3, 0.4) is 0 Å². The van der Waals surface area contributed by atoms with Crippen molar-refractivity contribution in [2.24, 2.45) is 0 Å². The van der Waals surface area contributed by atoms with Crippen LogP contribution in [0.25, 0.3) is 5.69 Å². The Morgan fingerprint density at radius 3 is 2.50 bits per heavy atom. The van der Waals surface area contributed by atoms with Gasteiger partial charge in [-0.2, -0.15) is 0 Å². The molecule has 0 radical (unpaired) electrons. The molecule has 0 aliphatic heterocycles. The third-order valence-corrected chi connectivity index (χ3v) is 5.10. The van der Waals surface area contributed by atoms with Gasteiger partial charge in [-0.05, 0) is 50.1 Å². The zero-order valence-corrected chi connectivity index (χ0v) is 16.4. The highest BCUT2D eigenvalue weighted by atomic mass is 35.5. The number of anilines is 1. The number of aromatic nitrogens is 3. The second-order valence-electron chi connectivity index (χ2n) is 5.95. The molecule has 1 heterocycles. The van der Waals surface area contributed by atoms with Gasteiger partial charge >= 0.3 is 0 Å². The molecule has 3 rings (SSSR count). The number of para-hydroxylation sites is 1. The van der Waals surface area contributed by atoms with Crippen LogP contribution in [0.2, 0.25) is 5.02 Å². The second-order valence-corrected chi connectivity index (χ2v) is 7.33. The minimum atomic E-state index is -0.0781. The Hall–Kier alpha value is -2.31. The maximum atomic E-state index is 12.4. The van der Waals surface area contributed by atoms with Gasteiger partial charge in [0.2, 0.25) is 5.91 Å². The number of benzene rings is 2. The van der Waals surface area contributed by atoms with Crippen molar-refractivity contribution in [2.45, 2.75) is 25.9 Å². The lowest BCUT2D eigenvalue weighted by atomic mass is 10.1. The van der Waals surface area contributed by atoms with Gasteiger partial charge in [0.05, 0.1) is 11.4 Å². The number of thioether (sulfide) groups is 1. The third kappa shape index (κ3) is 4.08. The lowest BCUT2D eigenvalue weighted by molar-refractivity contribution is -0.113. The summed E-state index contributed by atoms with van der Waals surface area (Å²) in [5.74, 6) is 0.905. The summed E-state index contributed by atoms with van der Waals surface area (Å²) in [6, 6.07) is 13.4. The summed E-state index contributed by atoms with van der Waals surface area (Å²) in [4.78, 5) is 12.4. The van der Waals surface area contributed by atoms with Crippen molar-refractivity contribution in [3.63, 3.8) is 0 Å². The van der Waals surface area contributed by atoms with Crippen LogP contribution in [0.5, 0.6) is 0 Å². The molecule has 5 nitrogen and oxygen atoms in total. The molecule has 0 atom stereocenters. The molecular formula is C19H19ClN4OS. The van der Waals surface area contributed by atoms with E-state index in [0.29, 0.717) is 10.2 Å². The molecule has 0 aliphatic carbocycles. The highest BCUT2D eigenvalue weighted by Crippen LogP contribution is 2.24. The number of aryl methyl sites for hydroxylation is 3. The zero-order chi connectivity index (χ0) is 18.7. The monoisotopic (exact) mass is 386 g/mol. The van der Waals surface area contributed by atoms with Gasteiger partial charge in [0, 0.05) is 10.7 Å². The van der Waals surface area contributed by atoms with Crippen LogP contribution in [0.4, 0.5) is 5.69 Å². The quantitative estimate of drug-likeness (QED) is 0.652. The van der Waals surface area contributed by atoms with Crippen LogP contribution in [-0.4, -0.2) is 26.4 Å². The van der Waals surface area contributed by atoms with Crippen LogP contribution >= 0.6 is 23.4 Å². The van der Waals surface area contributed by atoms with E-state index in [0.717, 1.165) is 28.3 Å². The van der Waals surface area contributed by atoms with E-state index in [9.17, 15) is 4.79 Å².